The van der Waals surface area contributed by atoms with Crippen molar-refractivity contribution in [2.45, 2.75) is 57.9 Å². The van der Waals surface area contributed by atoms with Crippen molar-refractivity contribution in [3.8, 4) is 11.3 Å². The number of halogens is 1. The van der Waals surface area contributed by atoms with Crippen LogP contribution in [-0.4, -0.2) is 56.1 Å². The molecule has 1 saturated heterocycles. The molecule has 2 aromatic heterocycles. The van der Waals surface area contributed by atoms with Gasteiger partial charge in [-0.25, -0.2) is 13.9 Å². The lowest BCUT2D eigenvalue weighted by Gasteiger charge is -2.35. The standard InChI is InChI=1S/C33H34FN5O3/c1-20-24-6-4-3-5-21(24)11-13-38(20)32(42)28-16-29(22-7-8-22)39-30(35-28)17-27(36-39)25-10-9-23(15-26(25)34)37-14-12-33(2,19-37)18-31(40)41/h3-6,9-10,15-17,20,22H,7-8,11-14,18-19H2,1-2H3,(H,40,41)/t20-,33-/m1/s1. The molecule has 2 aromatic carbocycles. The molecule has 1 aliphatic carbocycles. The molecule has 8 nitrogen and oxygen atoms in total. The monoisotopic (exact) mass is 567 g/mol. The summed E-state index contributed by atoms with van der Waals surface area (Å²) in [5.74, 6) is -1.00. The molecule has 4 aromatic rings. The minimum Gasteiger partial charge on any atom is -0.481 e. The van der Waals surface area contributed by atoms with Gasteiger partial charge in [-0.1, -0.05) is 31.2 Å². The minimum absolute atomic E-state index is 0.0458. The highest BCUT2D eigenvalue weighted by Crippen LogP contribution is 2.41. The van der Waals surface area contributed by atoms with Crippen molar-refractivity contribution in [3.05, 3.63) is 82.9 Å². The van der Waals surface area contributed by atoms with Crippen molar-refractivity contribution in [1.29, 1.82) is 0 Å². The first-order chi connectivity index (χ1) is 20.2. The molecular formula is C33H34FN5O3. The van der Waals surface area contributed by atoms with Gasteiger partial charge in [0.1, 0.15) is 11.5 Å². The summed E-state index contributed by atoms with van der Waals surface area (Å²) in [7, 11) is 0. The van der Waals surface area contributed by atoms with E-state index in [1.165, 1.54) is 17.2 Å². The van der Waals surface area contributed by atoms with Gasteiger partial charge in [-0.15, -0.1) is 0 Å². The molecule has 1 amide bonds. The van der Waals surface area contributed by atoms with Crippen LogP contribution in [-0.2, 0) is 11.2 Å². The lowest BCUT2D eigenvalue weighted by molar-refractivity contribution is -0.139. The summed E-state index contributed by atoms with van der Waals surface area (Å²) in [4.78, 5) is 33.8. The highest BCUT2D eigenvalue weighted by Gasteiger charge is 2.36. The molecule has 0 unspecified atom stereocenters. The fraction of sp³-hybridized carbons (Fsp3) is 0.394. The molecule has 1 saturated carbocycles. The molecule has 2 fully saturated rings. The summed E-state index contributed by atoms with van der Waals surface area (Å²) in [5, 5.41) is 14.0. The van der Waals surface area contributed by atoms with E-state index in [4.69, 9.17) is 10.1 Å². The van der Waals surface area contributed by atoms with Crippen LogP contribution in [0.25, 0.3) is 16.9 Å². The van der Waals surface area contributed by atoms with Crippen LogP contribution in [0, 0.1) is 11.2 Å². The Balaban J connectivity index is 1.19. The van der Waals surface area contributed by atoms with Gasteiger partial charge in [-0.05, 0) is 73.4 Å². The van der Waals surface area contributed by atoms with Crippen LogP contribution in [0.2, 0.25) is 0 Å². The Hall–Kier alpha value is -4.27. The maximum absolute atomic E-state index is 15.6. The van der Waals surface area contributed by atoms with Gasteiger partial charge in [-0.2, -0.15) is 5.10 Å². The number of hydrogen-bond acceptors (Lipinski definition) is 5. The number of benzene rings is 2. The Labute approximate surface area is 243 Å². The highest BCUT2D eigenvalue weighted by atomic mass is 19.1. The smallest absolute Gasteiger partial charge is 0.303 e. The van der Waals surface area contributed by atoms with E-state index in [9.17, 15) is 14.7 Å². The predicted octanol–water partition coefficient (Wildman–Crippen LogP) is 5.86. The van der Waals surface area contributed by atoms with Crippen LogP contribution in [0.15, 0.2) is 54.6 Å². The van der Waals surface area contributed by atoms with E-state index in [-0.39, 0.29) is 23.8 Å². The second-order valence-corrected chi connectivity index (χ2v) is 12.5. The minimum atomic E-state index is -0.812. The second-order valence-electron chi connectivity index (χ2n) is 12.5. The largest absolute Gasteiger partial charge is 0.481 e. The van der Waals surface area contributed by atoms with Gasteiger partial charge in [0.15, 0.2) is 5.65 Å². The van der Waals surface area contributed by atoms with E-state index < -0.39 is 11.8 Å². The van der Waals surface area contributed by atoms with Crippen LogP contribution in [0.4, 0.5) is 10.1 Å². The maximum Gasteiger partial charge on any atom is 0.303 e. The first-order valence-electron chi connectivity index (χ1n) is 14.8. The molecule has 0 bridgehead atoms. The third-order valence-electron chi connectivity index (χ3n) is 9.25. The summed E-state index contributed by atoms with van der Waals surface area (Å²) < 4.78 is 17.3. The van der Waals surface area contributed by atoms with Crippen LogP contribution in [0.3, 0.4) is 0 Å². The highest BCUT2D eigenvalue weighted by molar-refractivity contribution is 5.93. The first-order valence-corrected chi connectivity index (χ1v) is 14.8. The van der Waals surface area contributed by atoms with Crippen LogP contribution in [0.5, 0.6) is 0 Å². The zero-order valence-corrected chi connectivity index (χ0v) is 23.9. The fourth-order valence-electron chi connectivity index (χ4n) is 6.77. The average Bonchev–Trinajstić information content (AvgIpc) is 3.61. The molecule has 0 spiro atoms. The Morgan fingerprint density at radius 2 is 1.90 bits per heavy atom. The number of rotatable bonds is 6. The molecule has 216 valence electrons. The number of fused-ring (bicyclic) bond motifs is 2. The molecule has 42 heavy (non-hydrogen) atoms. The molecule has 2 aliphatic heterocycles. The van der Waals surface area contributed by atoms with Crippen LogP contribution >= 0.6 is 0 Å². The van der Waals surface area contributed by atoms with Crippen molar-refractivity contribution >= 4 is 23.2 Å². The van der Waals surface area contributed by atoms with E-state index in [1.54, 1.807) is 16.6 Å². The Morgan fingerprint density at radius 1 is 1.10 bits per heavy atom. The zero-order chi connectivity index (χ0) is 29.2. The molecular weight excluding hydrogens is 533 g/mol. The molecule has 7 rings (SSSR count). The number of aliphatic carboxylic acids is 1. The third kappa shape index (κ3) is 4.70. The van der Waals surface area contributed by atoms with E-state index >= 15 is 4.39 Å². The number of carbonyl (C=O) groups is 2. The van der Waals surface area contributed by atoms with Gasteiger partial charge in [0.05, 0.1) is 18.2 Å². The van der Waals surface area contributed by atoms with E-state index in [1.807, 2.05) is 41.0 Å². The van der Waals surface area contributed by atoms with Gasteiger partial charge in [0, 0.05) is 48.6 Å². The number of carbonyl (C=O) groups excluding carboxylic acids is 1. The lowest BCUT2D eigenvalue weighted by atomic mass is 9.86. The molecule has 4 heterocycles. The Morgan fingerprint density at radius 3 is 2.67 bits per heavy atom. The normalized spacial score (nSPS) is 22.0. The average molecular weight is 568 g/mol. The zero-order valence-electron chi connectivity index (χ0n) is 23.9. The summed E-state index contributed by atoms with van der Waals surface area (Å²) in [6, 6.07) is 17.0. The third-order valence-corrected chi connectivity index (χ3v) is 9.25. The maximum atomic E-state index is 15.6. The number of hydrogen-bond donors (Lipinski definition) is 1. The Bertz CT molecular complexity index is 1730. The van der Waals surface area contributed by atoms with Gasteiger partial charge in [0.25, 0.3) is 5.91 Å². The molecule has 3 aliphatic rings. The van der Waals surface area contributed by atoms with E-state index in [2.05, 4.69) is 19.1 Å². The van der Waals surface area contributed by atoms with Crippen LogP contribution < -0.4 is 4.90 Å². The SMILES string of the molecule is C[C@@H]1c2ccccc2CCN1C(=O)c1cc(C2CC2)n2nc(-c3ccc(N4CC[C@](C)(CC(=O)O)C4)cc3F)cc2n1. The molecule has 9 heteroatoms. The van der Waals surface area contributed by atoms with Crippen molar-refractivity contribution in [2.75, 3.05) is 24.5 Å². The number of carboxylic acids is 1. The van der Waals surface area contributed by atoms with Crippen molar-refractivity contribution in [3.63, 3.8) is 0 Å². The van der Waals surface area contributed by atoms with E-state index in [0.29, 0.717) is 48.2 Å². The molecule has 0 radical (unpaired) electrons. The number of anilines is 1. The van der Waals surface area contributed by atoms with Crippen LogP contribution in [0.1, 0.15) is 78.8 Å². The number of amides is 1. The van der Waals surface area contributed by atoms with E-state index in [0.717, 1.165) is 37.1 Å². The summed E-state index contributed by atoms with van der Waals surface area (Å²) in [6.45, 7) is 5.92. The lowest BCUT2D eigenvalue weighted by Crippen LogP contribution is -2.39. The number of nitrogens with zero attached hydrogens (tertiary/aromatic N) is 5. The second kappa shape index (κ2) is 9.93. The molecule has 1 N–H and O–H groups in total. The first kappa shape index (κ1) is 26.6. The van der Waals surface area contributed by atoms with Gasteiger partial charge >= 0.3 is 5.97 Å². The number of aromatic nitrogens is 3. The quantitative estimate of drug-likeness (QED) is 0.314. The van der Waals surface area contributed by atoms with Crippen molar-refractivity contribution in [2.24, 2.45) is 5.41 Å². The summed E-state index contributed by atoms with van der Waals surface area (Å²) in [5.41, 5.74) is 5.56. The summed E-state index contributed by atoms with van der Waals surface area (Å²) in [6.07, 6.45) is 3.70. The molecule has 2 atom stereocenters. The van der Waals surface area contributed by atoms with Gasteiger partial charge in [0.2, 0.25) is 0 Å². The topological polar surface area (TPSA) is 91.0 Å². The summed E-state index contributed by atoms with van der Waals surface area (Å²) >= 11 is 0. The predicted molar refractivity (Wildman–Crippen MR) is 157 cm³/mol. The Kier molecular flexibility index (Phi) is 6.29. The van der Waals surface area contributed by atoms with Gasteiger partial charge < -0.3 is 14.9 Å². The van der Waals surface area contributed by atoms with Crippen molar-refractivity contribution < 1.29 is 19.1 Å². The van der Waals surface area contributed by atoms with Gasteiger partial charge in [-0.3, -0.25) is 9.59 Å². The fourth-order valence-corrected chi connectivity index (χ4v) is 6.77. The van der Waals surface area contributed by atoms with Crippen molar-refractivity contribution in [1.82, 2.24) is 19.5 Å². The number of carboxylic acid groups (broad SMARTS) is 1.